The molecule has 27 heavy (non-hydrogen) atoms. The number of halogens is 1. The Kier molecular flexibility index (Phi) is 8.22. The molecule has 0 amide bonds. The predicted molar refractivity (Wildman–Crippen MR) is 123 cm³/mol. The summed E-state index contributed by atoms with van der Waals surface area (Å²) in [6.45, 7) is 7.44. The number of benzene rings is 2. The summed E-state index contributed by atoms with van der Waals surface area (Å²) in [5, 5.41) is 3.35. The highest BCUT2D eigenvalue weighted by Crippen LogP contribution is 2.31. The lowest BCUT2D eigenvalue weighted by Crippen LogP contribution is -2.38. The van der Waals surface area contributed by atoms with Gasteiger partial charge < -0.3 is 20.7 Å². The largest absolute Gasteiger partial charge is 0.493 e. The third-order valence-electron chi connectivity index (χ3n) is 4.77. The van der Waals surface area contributed by atoms with Crippen molar-refractivity contribution in [3.05, 3.63) is 59.7 Å². The molecule has 146 valence electrons. The third-order valence-corrected chi connectivity index (χ3v) is 4.77. The summed E-state index contributed by atoms with van der Waals surface area (Å²) in [5.74, 6) is 1.42. The molecule has 3 rings (SSSR count). The Morgan fingerprint density at radius 2 is 1.96 bits per heavy atom. The molecule has 1 heterocycles. The van der Waals surface area contributed by atoms with Crippen molar-refractivity contribution in [1.29, 1.82) is 0 Å². The minimum absolute atomic E-state index is 0. The quantitative estimate of drug-likeness (QED) is 0.375. The smallest absolute Gasteiger partial charge is 0.189 e. The first-order chi connectivity index (χ1) is 12.7. The molecule has 0 bridgehead atoms. The number of fused-ring (bicyclic) bond motifs is 1. The van der Waals surface area contributed by atoms with Crippen LogP contribution in [0.2, 0.25) is 0 Å². The fourth-order valence-electron chi connectivity index (χ4n) is 3.37. The van der Waals surface area contributed by atoms with Crippen molar-refractivity contribution in [3.63, 3.8) is 0 Å². The predicted octanol–water partition coefficient (Wildman–Crippen LogP) is 3.87. The van der Waals surface area contributed by atoms with Crippen LogP contribution in [0.3, 0.4) is 0 Å². The van der Waals surface area contributed by atoms with E-state index < -0.39 is 0 Å². The Hall–Kier alpha value is -1.96. The van der Waals surface area contributed by atoms with Gasteiger partial charge >= 0.3 is 0 Å². The van der Waals surface area contributed by atoms with Crippen LogP contribution >= 0.6 is 24.0 Å². The highest BCUT2D eigenvalue weighted by atomic mass is 127. The van der Waals surface area contributed by atoms with Crippen molar-refractivity contribution in [2.45, 2.75) is 26.3 Å². The summed E-state index contributed by atoms with van der Waals surface area (Å²) < 4.78 is 5.70. The lowest BCUT2D eigenvalue weighted by Gasteiger charge is -2.27. The number of ether oxygens (including phenoxy) is 1. The third kappa shape index (κ3) is 5.51. The first kappa shape index (κ1) is 21.3. The number of likely N-dealkylation sites (N-methyl/N-ethyl adjacent to an activating group) is 1. The molecule has 1 unspecified atom stereocenters. The summed E-state index contributed by atoms with van der Waals surface area (Å²) in [6, 6.07) is 16.7. The van der Waals surface area contributed by atoms with Gasteiger partial charge in [0.2, 0.25) is 0 Å². The Morgan fingerprint density at radius 1 is 1.22 bits per heavy atom. The van der Waals surface area contributed by atoms with Gasteiger partial charge in [0.25, 0.3) is 0 Å². The van der Waals surface area contributed by atoms with Gasteiger partial charge in [-0.2, -0.15) is 0 Å². The number of rotatable bonds is 6. The average molecular weight is 480 g/mol. The zero-order valence-electron chi connectivity index (χ0n) is 16.0. The summed E-state index contributed by atoms with van der Waals surface area (Å²) in [6.07, 6.45) is 0.886. The maximum absolute atomic E-state index is 6.14. The zero-order chi connectivity index (χ0) is 18.4. The second-order valence-electron chi connectivity index (χ2n) is 6.51. The molecule has 0 aromatic heterocycles. The molecule has 1 atom stereocenters. The second kappa shape index (κ2) is 10.4. The molecule has 2 aromatic carbocycles. The number of hydrogen-bond acceptors (Lipinski definition) is 3. The number of nitrogens with zero attached hydrogens (tertiary/aromatic N) is 2. The number of nitrogens with one attached hydrogen (secondary N) is 1. The average Bonchev–Trinajstić information content (AvgIpc) is 2.66. The summed E-state index contributed by atoms with van der Waals surface area (Å²) in [7, 11) is 0. The SMILES string of the molecule is CCN(CCN=C(N)NC1CCOc2ccccc21)c1ccccc1C.I. The van der Waals surface area contributed by atoms with Crippen LogP contribution in [0.4, 0.5) is 5.69 Å². The normalized spacial score (nSPS) is 15.9. The van der Waals surface area contributed by atoms with Crippen LogP contribution in [0.25, 0.3) is 0 Å². The molecule has 3 N–H and O–H groups in total. The van der Waals surface area contributed by atoms with Crippen LogP contribution in [0, 0.1) is 6.92 Å². The summed E-state index contributed by atoms with van der Waals surface area (Å²) in [5.41, 5.74) is 9.82. The van der Waals surface area contributed by atoms with Crippen molar-refractivity contribution in [2.75, 3.05) is 31.1 Å². The maximum Gasteiger partial charge on any atom is 0.189 e. The first-order valence-corrected chi connectivity index (χ1v) is 9.27. The van der Waals surface area contributed by atoms with E-state index in [1.165, 1.54) is 11.3 Å². The van der Waals surface area contributed by atoms with E-state index in [0.29, 0.717) is 19.1 Å². The molecule has 0 aliphatic carbocycles. The molecular formula is C21H29IN4O. The zero-order valence-corrected chi connectivity index (χ0v) is 18.4. The van der Waals surface area contributed by atoms with Crippen LogP contribution in [0.15, 0.2) is 53.5 Å². The fourth-order valence-corrected chi connectivity index (χ4v) is 3.37. The molecular weight excluding hydrogens is 451 g/mol. The highest BCUT2D eigenvalue weighted by molar-refractivity contribution is 14.0. The fraction of sp³-hybridized carbons (Fsp3) is 0.381. The van der Waals surface area contributed by atoms with Gasteiger partial charge in [-0.3, -0.25) is 4.99 Å². The van der Waals surface area contributed by atoms with Crippen molar-refractivity contribution >= 4 is 35.6 Å². The minimum Gasteiger partial charge on any atom is -0.493 e. The Labute approximate surface area is 179 Å². The molecule has 1 aliphatic heterocycles. The maximum atomic E-state index is 6.14. The lowest BCUT2D eigenvalue weighted by atomic mass is 10.0. The molecule has 2 aromatic rings. The number of guanidine groups is 1. The van der Waals surface area contributed by atoms with Crippen LogP contribution < -0.4 is 20.7 Å². The van der Waals surface area contributed by atoms with Crippen LogP contribution in [-0.4, -0.2) is 32.2 Å². The van der Waals surface area contributed by atoms with Gasteiger partial charge in [0.15, 0.2) is 5.96 Å². The number of aryl methyl sites for hydroxylation is 1. The van der Waals surface area contributed by atoms with Crippen LogP contribution in [0.5, 0.6) is 5.75 Å². The van der Waals surface area contributed by atoms with E-state index in [4.69, 9.17) is 10.5 Å². The molecule has 0 radical (unpaired) electrons. The Bertz CT molecular complexity index is 765. The van der Waals surface area contributed by atoms with Crippen molar-refractivity contribution in [2.24, 2.45) is 10.7 Å². The van der Waals surface area contributed by atoms with Gasteiger partial charge in [0.1, 0.15) is 5.75 Å². The highest BCUT2D eigenvalue weighted by Gasteiger charge is 2.21. The Balaban J connectivity index is 0.00000261. The Morgan fingerprint density at radius 3 is 2.74 bits per heavy atom. The van der Waals surface area contributed by atoms with Gasteiger partial charge in [-0.1, -0.05) is 36.4 Å². The van der Waals surface area contributed by atoms with Gasteiger partial charge in [0, 0.05) is 30.8 Å². The van der Waals surface area contributed by atoms with Gasteiger partial charge in [-0.25, -0.2) is 0 Å². The molecule has 5 nitrogen and oxygen atoms in total. The van der Waals surface area contributed by atoms with Crippen molar-refractivity contribution < 1.29 is 4.74 Å². The second-order valence-corrected chi connectivity index (χ2v) is 6.51. The summed E-state index contributed by atoms with van der Waals surface area (Å²) >= 11 is 0. The summed E-state index contributed by atoms with van der Waals surface area (Å²) in [4.78, 5) is 6.86. The minimum atomic E-state index is 0. The molecule has 0 fully saturated rings. The molecule has 6 heteroatoms. The van der Waals surface area contributed by atoms with Crippen molar-refractivity contribution in [1.82, 2.24) is 5.32 Å². The monoisotopic (exact) mass is 480 g/mol. The van der Waals surface area contributed by atoms with E-state index in [1.54, 1.807) is 0 Å². The molecule has 0 spiro atoms. The van der Waals surface area contributed by atoms with Crippen molar-refractivity contribution in [3.8, 4) is 5.75 Å². The molecule has 1 aliphatic rings. The number of para-hydroxylation sites is 2. The first-order valence-electron chi connectivity index (χ1n) is 9.27. The van der Waals surface area contributed by atoms with Crippen LogP contribution in [-0.2, 0) is 0 Å². The standard InChI is InChI=1S/C21H28N4O.HI/c1-3-25(19-10-6-4-8-16(19)2)14-13-23-21(22)24-18-12-15-26-20-11-7-5-9-17(18)20;/h4-11,18H,3,12-15H2,1-2H3,(H3,22,23,24);1H. The number of hydrogen-bond donors (Lipinski definition) is 2. The van der Waals surface area contributed by atoms with E-state index >= 15 is 0 Å². The number of anilines is 1. The van der Waals surface area contributed by atoms with E-state index in [1.807, 2.05) is 18.2 Å². The van der Waals surface area contributed by atoms with Gasteiger partial charge in [0.05, 0.1) is 19.2 Å². The van der Waals surface area contributed by atoms with E-state index in [-0.39, 0.29) is 30.0 Å². The molecule has 0 saturated carbocycles. The topological polar surface area (TPSA) is 62.9 Å². The van der Waals surface area contributed by atoms with Gasteiger partial charge in [-0.15, -0.1) is 24.0 Å². The molecule has 0 saturated heterocycles. The van der Waals surface area contributed by atoms with Crippen LogP contribution in [0.1, 0.15) is 30.5 Å². The van der Waals surface area contributed by atoms with Gasteiger partial charge in [-0.05, 0) is 31.5 Å². The number of aliphatic imine (C=N–C) groups is 1. The number of nitrogens with two attached hydrogens (primary N) is 1. The lowest BCUT2D eigenvalue weighted by molar-refractivity contribution is 0.262. The van der Waals surface area contributed by atoms with E-state index in [2.05, 4.69) is 59.4 Å². The van der Waals surface area contributed by atoms with E-state index in [9.17, 15) is 0 Å². The van der Waals surface area contributed by atoms with E-state index in [0.717, 1.165) is 30.8 Å².